The molecule has 0 aromatic carbocycles. The summed E-state index contributed by atoms with van der Waals surface area (Å²) in [4.78, 5) is 21.5. The molecule has 4 heteroatoms. The fourth-order valence-electron chi connectivity index (χ4n) is 3.84. The Morgan fingerprint density at radius 1 is 1.12 bits per heavy atom. The summed E-state index contributed by atoms with van der Waals surface area (Å²) in [5, 5.41) is 0. The summed E-state index contributed by atoms with van der Waals surface area (Å²) in [5.74, 6) is 1.01. The highest BCUT2D eigenvalue weighted by Crippen LogP contribution is 2.22. The van der Waals surface area contributed by atoms with Crippen molar-refractivity contribution in [2.24, 2.45) is 5.92 Å². The summed E-state index contributed by atoms with van der Waals surface area (Å²) in [6.45, 7) is 11.2. The molecule has 0 saturated carbocycles. The van der Waals surface area contributed by atoms with E-state index >= 15 is 0 Å². The van der Waals surface area contributed by atoms with Crippen molar-refractivity contribution in [2.75, 3.05) is 26.2 Å². The van der Waals surface area contributed by atoms with Crippen molar-refractivity contribution in [1.82, 2.24) is 14.8 Å². The van der Waals surface area contributed by atoms with Gasteiger partial charge in [0.1, 0.15) is 5.69 Å². The van der Waals surface area contributed by atoms with Crippen molar-refractivity contribution in [3.8, 4) is 0 Å². The number of carbonyl (C=O) groups excluding carboxylic acids is 1. The first-order valence-corrected chi connectivity index (χ1v) is 10.2. The van der Waals surface area contributed by atoms with E-state index < -0.39 is 0 Å². The van der Waals surface area contributed by atoms with Crippen LogP contribution in [0.25, 0.3) is 0 Å². The number of pyridine rings is 1. The van der Waals surface area contributed by atoms with Crippen molar-refractivity contribution in [3.63, 3.8) is 0 Å². The molecule has 25 heavy (non-hydrogen) atoms. The van der Waals surface area contributed by atoms with Gasteiger partial charge in [-0.05, 0) is 56.8 Å². The van der Waals surface area contributed by atoms with Gasteiger partial charge in [-0.1, -0.05) is 39.7 Å². The summed E-state index contributed by atoms with van der Waals surface area (Å²) in [5.41, 5.74) is 1.65. The number of piperidine rings is 1. The Kier molecular flexibility index (Phi) is 8.39. The minimum absolute atomic E-state index is 0.103. The van der Waals surface area contributed by atoms with E-state index in [1.165, 1.54) is 25.7 Å². The molecule has 3 rings (SSSR count). The Bertz CT molecular complexity index is 518. The van der Waals surface area contributed by atoms with Gasteiger partial charge in [-0.15, -0.1) is 0 Å². The lowest BCUT2D eigenvalue weighted by molar-refractivity contribution is 0.0786. The molecule has 1 aromatic heterocycles. The van der Waals surface area contributed by atoms with E-state index in [4.69, 9.17) is 0 Å². The maximum absolute atomic E-state index is 12.5. The maximum Gasteiger partial charge on any atom is 0.272 e. The lowest BCUT2D eigenvalue weighted by Crippen LogP contribution is -2.34. The molecule has 3 heterocycles. The predicted molar refractivity (Wildman–Crippen MR) is 104 cm³/mol. The molecule has 140 valence electrons. The molecule has 2 saturated heterocycles. The van der Waals surface area contributed by atoms with Crippen LogP contribution >= 0.6 is 0 Å². The normalized spacial score (nSPS) is 18.8. The van der Waals surface area contributed by atoms with Gasteiger partial charge in [-0.25, -0.2) is 4.98 Å². The second-order valence-corrected chi connectivity index (χ2v) is 7.02. The summed E-state index contributed by atoms with van der Waals surface area (Å²) in [6.07, 6.45) is 7.52. The van der Waals surface area contributed by atoms with Crippen LogP contribution in [0, 0.1) is 5.92 Å². The van der Waals surface area contributed by atoms with Crippen LogP contribution in [0.5, 0.6) is 0 Å². The van der Waals surface area contributed by atoms with Gasteiger partial charge in [0, 0.05) is 19.6 Å². The van der Waals surface area contributed by atoms with Gasteiger partial charge >= 0.3 is 0 Å². The molecular weight excluding hydrogens is 310 g/mol. The molecular formula is C21H35N3O. The molecule has 2 aliphatic heterocycles. The van der Waals surface area contributed by atoms with E-state index in [0.717, 1.165) is 57.2 Å². The molecule has 0 bridgehead atoms. The van der Waals surface area contributed by atoms with Crippen molar-refractivity contribution < 1.29 is 4.79 Å². The Labute approximate surface area is 153 Å². The van der Waals surface area contributed by atoms with Crippen LogP contribution in [0.4, 0.5) is 0 Å². The average Bonchev–Trinajstić information content (AvgIpc) is 3.20. The molecule has 1 amide bonds. The van der Waals surface area contributed by atoms with Crippen molar-refractivity contribution in [2.45, 2.75) is 65.8 Å². The minimum atomic E-state index is 0.103. The van der Waals surface area contributed by atoms with Crippen LogP contribution in [0.15, 0.2) is 18.2 Å². The Hall–Kier alpha value is -1.42. The van der Waals surface area contributed by atoms with E-state index in [0.29, 0.717) is 5.69 Å². The van der Waals surface area contributed by atoms with Crippen molar-refractivity contribution in [1.29, 1.82) is 0 Å². The molecule has 1 aromatic rings. The Morgan fingerprint density at radius 3 is 2.44 bits per heavy atom. The molecule has 0 unspecified atom stereocenters. The molecule has 4 nitrogen and oxygen atoms in total. The Morgan fingerprint density at radius 2 is 1.80 bits per heavy atom. The summed E-state index contributed by atoms with van der Waals surface area (Å²) >= 11 is 0. The predicted octanol–water partition coefficient (Wildman–Crippen LogP) is 4.36. The van der Waals surface area contributed by atoms with Gasteiger partial charge in [-0.2, -0.15) is 0 Å². The summed E-state index contributed by atoms with van der Waals surface area (Å²) in [6, 6.07) is 5.89. The molecule has 0 aliphatic carbocycles. The van der Waals surface area contributed by atoms with Crippen LogP contribution in [0.1, 0.15) is 75.5 Å². The first-order chi connectivity index (χ1) is 12.3. The van der Waals surface area contributed by atoms with Crippen LogP contribution in [0.2, 0.25) is 0 Å². The second kappa shape index (κ2) is 10.5. The second-order valence-electron chi connectivity index (χ2n) is 7.02. The van der Waals surface area contributed by atoms with Gasteiger partial charge in [-0.3, -0.25) is 9.69 Å². The number of aromatic nitrogens is 1. The largest absolute Gasteiger partial charge is 0.337 e. The van der Waals surface area contributed by atoms with E-state index in [-0.39, 0.29) is 5.91 Å². The minimum Gasteiger partial charge on any atom is -0.337 e. The number of carbonyl (C=O) groups is 1. The van der Waals surface area contributed by atoms with E-state index in [1.54, 1.807) is 0 Å². The SMILES string of the molecule is CC.CCCC1CCN(Cc2cccc(C(=O)N3CCCC3)n2)CC1. The van der Waals surface area contributed by atoms with Crippen LogP contribution < -0.4 is 0 Å². The third-order valence-corrected chi connectivity index (χ3v) is 5.21. The molecule has 0 spiro atoms. The third kappa shape index (κ3) is 5.81. The van der Waals surface area contributed by atoms with E-state index in [1.807, 2.05) is 30.9 Å². The zero-order chi connectivity index (χ0) is 18.1. The van der Waals surface area contributed by atoms with Gasteiger partial charge in [0.15, 0.2) is 0 Å². The topological polar surface area (TPSA) is 36.4 Å². The third-order valence-electron chi connectivity index (χ3n) is 5.21. The zero-order valence-electron chi connectivity index (χ0n) is 16.3. The molecule has 2 aliphatic rings. The summed E-state index contributed by atoms with van der Waals surface area (Å²) < 4.78 is 0. The fraction of sp³-hybridized carbons (Fsp3) is 0.714. The number of hydrogen-bond donors (Lipinski definition) is 0. The first-order valence-electron chi connectivity index (χ1n) is 10.2. The lowest BCUT2D eigenvalue weighted by atomic mass is 9.92. The van der Waals surface area contributed by atoms with Gasteiger partial charge < -0.3 is 4.90 Å². The number of hydrogen-bond acceptors (Lipinski definition) is 3. The Balaban J connectivity index is 0.00000109. The van der Waals surface area contributed by atoms with Gasteiger partial charge in [0.25, 0.3) is 5.91 Å². The highest BCUT2D eigenvalue weighted by molar-refractivity contribution is 5.92. The van der Waals surface area contributed by atoms with Crippen LogP contribution in [-0.2, 0) is 6.54 Å². The standard InChI is InChI=1S/C19H29N3O.C2H6/c1-2-6-16-9-13-21(14-10-16)15-17-7-5-8-18(20-17)19(23)22-11-3-4-12-22;1-2/h5,7-8,16H,2-4,6,9-15H2,1H3;1-2H3. The highest BCUT2D eigenvalue weighted by atomic mass is 16.2. The van der Waals surface area contributed by atoms with Crippen molar-refractivity contribution >= 4 is 5.91 Å². The fourth-order valence-corrected chi connectivity index (χ4v) is 3.84. The number of likely N-dealkylation sites (tertiary alicyclic amines) is 2. The zero-order valence-corrected chi connectivity index (χ0v) is 16.3. The molecule has 2 fully saturated rings. The van der Waals surface area contributed by atoms with Gasteiger partial charge in [0.05, 0.1) is 5.69 Å². The molecule has 0 N–H and O–H groups in total. The average molecular weight is 346 g/mol. The van der Waals surface area contributed by atoms with E-state index in [9.17, 15) is 4.79 Å². The van der Waals surface area contributed by atoms with Crippen LogP contribution in [0.3, 0.4) is 0 Å². The summed E-state index contributed by atoms with van der Waals surface area (Å²) in [7, 11) is 0. The van der Waals surface area contributed by atoms with Crippen LogP contribution in [-0.4, -0.2) is 46.9 Å². The first kappa shape index (κ1) is 19.9. The number of nitrogens with zero attached hydrogens (tertiary/aromatic N) is 3. The smallest absolute Gasteiger partial charge is 0.272 e. The number of amides is 1. The molecule has 0 atom stereocenters. The van der Waals surface area contributed by atoms with Crippen molar-refractivity contribution in [3.05, 3.63) is 29.6 Å². The highest BCUT2D eigenvalue weighted by Gasteiger charge is 2.22. The lowest BCUT2D eigenvalue weighted by Gasteiger charge is -2.31. The monoisotopic (exact) mass is 345 g/mol. The van der Waals surface area contributed by atoms with Gasteiger partial charge in [0.2, 0.25) is 0 Å². The quantitative estimate of drug-likeness (QED) is 0.796. The number of rotatable bonds is 5. The van der Waals surface area contributed by atoms with E-state index in [2.05, 4.69) is 22.9 Å². The molecule has 0 radical (unpaired) electrons. The maximum atomic E-state index is 12.5.